The molecule has 226 valence electrons. The van der Waals surface area contributed by atoms with E-state index in [1.807, 2.05) is 0 Å². The van der Waals surface area contributed by atoms with Crippen LogP contribution >= 0.6 is 0 Å². The van der Waals surface area contributed by atoms with Crippen molar-refractivity contribution in [1.29, 1.82) is 0 Å². The number of carbonyl (C=O) groups is 1. The van der Waals surface area contributed by atoms with Crippen molar-refractivity contribution in [3.05, 3.63) is 93.9 Å². The van der Waals surface area contributed by atoms with Crippen LogP contribution in [0.2, 0.25) is 0 Å². The van der Waals surface area contributed by atoms with Gasteiger partial charge in [-0.1, -0.05) is 12.1 Å². The van der Waals surface area contributed by atoms with Crippen LogP contribution in [0.4, 0.5) is 14.5 Å². The summed E-state index contributed by atoms with van der Waals surface area (Å²) < 4.78 is 52.5. The molecule has 12 heteroatoms. The minimum atomic E-state index is -0.809. The molecule has 1 amide bonds. The normalized spacial score (nSPS) is 10.9. The van der Waals surface area contributed by atoms with E-state index < -0.39 is 23.0 Å². The maximum Gasteiger partial charge on any atom is 0.265 e. The van der Waals surface area contributed by atoms with Gasteiger partial charge in [0.15, 0.2) is 23.1 Å². The number of anilines is 1. The van der Waals surface area contributed by atoms with E-state index >= 15 is 4.39 Å². The van der Waals surface area contributed by atoms with E-state index in [1.165, 1.54) is 62.9 Å². The van der Waals surface area contributed by atoms with Crippen molar-refractivity contribution in [2.24, 2.45) is 7.05 Å². The zero-order chi connectivity index (χ0) is 31.5. The molecule has 1 N–H and O–H groups in total. The average molecular weight is 603 g/mol. The van der Waals surface area contributed by atoms with Gasteiger partial charge in [-0.25, -0.2) is 13.8 Å². The molecule has 0 bridgehead atoms. The molecule has 44 heavy (non-hydrogen) atoms. The van der Waals surface area contributed by atoms with Crippen LogP contribution < -0.4 is 29.7 Å². The van der Waals surface area contributed by atoms with Crippen LogP contribution in [0.5, 0.6) is 29.0 Å². The molecular weight excluding hydrogens is 574 g/mol. The SMILES string of the molecule is CCOc1c(C(=O)Nc2ccc(Oc3ccnc4cc(OC)c(OC)nc34)c(F)c2)c(=O)c(-c2ccc(F)cc2)c(C)n1C. The summed E-state index contributed by atoms with van der Waals surface area (Å²) in [6.07, 6.45) is 1.48. The predicted octanol–water partition coefficient (Wildman–Crippen LogP) is 6.04. The van der Waals surface area contributed by atoms with Crippen LogP contribution in [-0.2, 0) is 7.05 Å². The minimum Gasteiger partial charge on any atom is -0.491 e. The Morgan fingerprint density at radius 1 is 0.977 bits per heavy atom. The van der Waals surface area contributed by atoms with Gasteiger partial charge in [-0.3, -0.25) is 14.6 Å². The Balaban J connectivity index is 1.47. The number of hydrogen-bond donors (Lipinski definition) is 1. The molecule has 0 aliphatic carbocycles. The smallest absolute Gasteiger partial charge is 0.265 e. The van der Waals surface area contributed by atoms with E-state index in [1.54, 1.807) is 31.5 Å². The first-order chi connectivity index (χ1) is 21.2. The number of benzene rings is 2. The summed E-state index contributed by atoms with van der Waals surface area (Å²) in [4.78, 5) is 35.9. The summed E-state index contributed by atoms with van der Waals surface area (Å²) in [6.45, 7) is 3.60. The first-order valence-corrected chi connectivity index (χ1v) is 13.5. The Morgan fingerprint density at radius 3 is 2.39 bits per heavy atom. The minimum absolute atomic E-state index is 0.0444. The van der Waals surface area contributed by atoms with E-state index in [0.29, 0.717) is 28.0 Å². The molecule has 10 nitrogen and oxygen atoms in total. The number of hydrogen-bond acceptors (Lipinski definition) is 8. The molecular formula is C32H28F2N4O6. The fraction of sp³-hybridized carbons (Fsp3) is 0.188. The van der Waals surface area contributed by atoms with Gasteiger partial charge in [-0.2, -0.15) is 0 Å². The van der Waals surface area contributed by atoms with Crippen molar-refractivity contribution in [1.82, 2.24) is 14.5 Å². The number of ether oxygens (including phenoxy) is 4. The average Bonchev–Trinajstić information content (AvgIpc) is 3.01. The highest BCUT2D eigenvalue weighted by Crippen LogP contribution is 2.35. The van der Waals surface area contributed by atoms with Crippen LogP contribution in [-0.4, -0.2) is 41.3 Å². The van der Waals surface area contributed by atoms with Gasteiger partial charge < -0.3 is 28.8 Å². The second-order valence-electron chi connectivity index (χ2n) is 9.55. The number of methoxy groups -OCH3 is 2. The van der Waals surface area contributed by atoms with E-state index in [9.17, 15) is 14.0 Å². The Bertz CT molecular complexity index is 1940. The van der Waals surface area contributed by atoms with E-state index in [4.69, 9.17) is 18.9 Å². The van der Waals surface area contributed by atoms with Crippen LogP contribution in [0.1, 0.15) is 23.0 Å². The van der Waals surface area contributed by atoms with Gasteiger partial charge in [-0.15, -0.1) is 0 Å². The van der Waals surface area contributed by atoms with Gasteiger partial charge in [-0.05, 0) is 43.7 Å². The van der Waals surface area contributed by atoms with Crippen LogP contribution in [0.3, 0.4) is 0 Å². The first-order valence-electron chi connectivity index (χ1n) is 13.5. The summed E-state index contributed by atoms with van der Waals surface area (Å²) in [5.74, 6) is -1.38. The summed E-state index contributed by atoms with van der Waals surface area (Å²) in [5.41, 5.74) is 1.09. The Morgan fingerprint density at radius 2 is 1.73 bits per heavy atom. The summed E-state index contributed by atoms with van der Waals surface area (Å²) in [6, 6.07) is 12.4. The topological polar surface area (TPSA) is 114 Å². The maximum atomic E-state index is 15.3. The fourth-order valence-electron chi connectivity index (χ4n) is 4.70. The lowest BCUT2D eigenvalue weighted by Gasteiger charge is -2.19. The molecule has 0 aliphatic heterocycles. The highest BCUT2D eigenvalue weighted by atomic mass is 19.1. The molecule has 0 saturated carbocycles. The molecule has 0 fully saturated rings. The zero-order valence-electron chi connectivity index (χ0n) is 24.5. The third-order valence-electron chi connectivity index (χ3n) is 6.91. The van der Waals surface area contributed by atoms with Crippen molar-refractivity contribution in [3.8, 4) is 40.1 Å². The van der Waals surface area contributed by atoms with Crippen molar-refractivity contribution >= 4 is 22.6 Å². The van der Waals surface area contributed by atoms with Crippen molar-refractivity contribution in [2.45, 2.75) is 13.8 Å². The third kappa shape index (κ3) is 5.61. The molecule has 0 spiro atoms. The van der Waals surface area contributed by atoms with Crippen molar-refractivity contribution in [3.63, 3.8) is 0 Å². The molecule has 5 aromatic rings. The van der Waals surface area contributed by atoms with E-state index in [2.05, 4.69) is 15.3 Å². The molecule has 0 atom stereocenters. The van der Waals surface area contributed by atoms with Gasteiger partial charge in [0.25, 0.3) is 11.8 Å². The summed E-state index contributed by atoms with van der Waals surface area (Å²) in [7, 11) is 4.56. The molecule has 2 aromatic carbocycles. The molecule has 0 aliphatic rings. The molecule has 5 rings (SSSR count). The number of pyridine rings is 3. The first kappa shape index (κ1) is 30.0. The second kappa shape index (κ2) is 12.4. The largest absolute Gasteiger partial charge is 0.491 e. The molecule has 0 radical (unpaired) electrons. The second-order valence-corrected chi connectivity index (χ2v) is 9.55. The number of amides is 1. The predicted molar refractivity (Wildman–Crippen MR) is 160 cm³/mol. The van der Waals surface area contributed by atoms with E-state index in [-0.39, 0.29) is 46.7 Å². The summed E-state index contributed by atoms with van der Waals surface area (Å²) >= 11 is 0. The molecule has 0 unspecified atom stereocenters. The number of aromatic nitrogens is 3. The third-order valence-corrected chi connectivity index (χ3v) is 6.91. The molecule has 3 aromatic heterocycles. The highest BCUT2D eigenvalue weighted by Gasteiger charge is 2.26. The van der Waals surface area contributed by atoms with Gasteiger partial charge in [0.1, 0.15) is 16.9 Å². The van der Waals surface area contributed by atoms with Crippen molar-refractivity contribution in [2.75, 3.05) is 26.1 Å². The van der Waals surface area contributed by atoms with E-state index in [0.717, 1.165) is 6.07 Å². The lowest BCUT2D eigenvalue weighted by atomic mass is 10.0. The number of nitrogens with one attached hydrogen (secondary N) is 1. The lowest BCUT2D eigenvalue weighted by Crippen LogP contribution is -2.28. The quantitative estimate of drug-likeness (QED) is 0.217. The van der Waals surface area contributed by atoms with Crippen LogP contribution in [0.25, 0.3) is 22.2 Å². The monoisotopic (exact) mass is 602 g/mol. The van der Waals surface area contributed by atoms with Gasteiger partial charge in [0.2, 0.25) is 11.3 Å². The number of fused-ring (bicyclic) bond motifs is 1. The zero-order valence-corrected chi connectivity index (χ0v) is 24.5. The van der Waals surface area contributed by atoms with Crippen LogP contribution in [0.15, 0.2) is 65.6 Å². The van der Waals surface area contributed by atoms with Crippen molar-refractivity contribution < 1.29 is 32.5 Å². The lowest BCUT2D eigenvalue weighted by molar-refractivity contribution is 0.102. The Labute approximate surface area is 250 Å². The summed E-state index contributed by atoms with van der Waals surface area (Å²) in [5, 5.41) is 2.58. The van der Waals surface area contributed by atoms with Gasteiger partial charge in [0.05, 0.1) is 26.3 Å². The number of nitrogens with zero attached hydrogens (tertiary/aromatic N) is 3. The number of rotatable bonds is 9. The molecule has 0 saturated heterocycles. The Hall–Kier alpha value is -5.52. The fourth-order valence-corrected chi connectivity index (χ4v) is 4.70. The van der Waals surface area contributed by atoms with Crippen LogP contribution in [0, 0.1) is 18.6 Å². The number of halogens is 2. The number of carbonyl (C=O) groups excluding carboxylic acids is 1. The maximum absolute atomic E-state index is 15.3. The highest BCUT2D eigenvalue weighted by molar-refractivity contribution is 6.06. The van der Waals surface area contributed by atoms with Gasteiger partial charge in [0, 0.05) is 48.4 Å². The van der Waals surface area contributed by atoms with Gasteiger partial charge >= 0.3 is 0 Å². The molecule has 3 heterocycles. The standard InChI is InChI=1S/C32H28F2N4O6/c1-6-43-32-27(29(39)26(17(2)38(32)3)18-7-9-19(33)10-8-18)30(40)36-20-11-12-23(21(34)15-20)44-24-13-14-35-22-16-25(41-4)31(42-5)37-28(22)24/h7-16H,6H2,1-5H3,(H,36,40). The Kier molecular flexibility index (Phi) is 8.43.